The van der Waals surface area contributed by atoms with Crippen LogP contribution in [0, 0.1) is 5.82 Å². The van der Waals surface area contributed by atoms with E-state index >= 15 is 0 Å². The van der Waals surface area contributed by atoms with Crippen molar-refractivity contribution in [1.82, 2.24) is 4.90 Å². The van der Waals surface area contributed by atoms with Crippen LogP contribution < -0.4 is 9.47 Å². The Hall–Kier alpha value is -2.61. The van der Waals surface area contributed by atoms with Crippen molar-refractivity contribution in [2.75, 3.05) is 18.8 Å². The molecule has 0 spiro atoms. The molecule has 0 fully saturated rings. The molecule has 0 saturated heterocycles. The van der Waals surface area contributed by atoms with Crippen LogP contribution >= 0.6 is 0 Å². The lowest BCUT2D eigenvalue weighted by molar-refractivity contribution is -0.132. The fourth-order valence-electron chi connectivity index (χ4n) is 2.78. The minimum Gasteiger partial charge on any atom is -0.454 e. The summed E-state index contributed by atoms with van der Waals surface area (Å²) in [5, 5.41) is 0. The molecular formula is C19H20FNO5S. The number of ether oxygens (including phenoxy) is 2. The van der Waals surface area contributed by atoms with Crippen molar-refractivity contribution >= 4 is 15.7 Å². The van der Waals surface area contributed by atoms with Gasteiger partial charge in [0.1, 0.15) is 15.7 Å². The lowest BCUT2D eigenvalue weighted by Crippen LogP contribution is -2.31. The minimum absolute atomic E-state index is 0.126. The van der Waals surface area contributed by atoms with Gasteiger partial charge in [-0.2, -0.15) is 0 Å². The van der Waals surface area contributed by atoms with E-state index in [0.29, 0.717) is 17.1 Å². The van der Waals surface area contributed by atoms with Gasteiger partial charge in [-0.1, -0.05) is 18.2 Å². The van der Waals surface area contributed by atoms with Crippen LogP contribution in [0.3, 0.4) is 0 Å². The van der Waals surface area contributed by atoms with Crippen LogP contribution in [0.25, 0.3) is 0 Å². The summed E-state index contributed by atoms with van der Waals surface area (Å²) in [5.74, 6) is 0.300. The fraction of sp³-hybridized carbons (Fsp3) is 0.316. The van der Waals surface area contributed by atoms with Gasteiger partial charge in [-0.05, 0) is 35.4 Å². The van der Waals surface area contributed by atoms with Gasteiger partial charge in [0.25, 0.3) is 0 Å². The van der Waals surface area contributed by atoms with Crippen molar-refractivity contribution in [2.45, 2.75) is 19.5 Å². The van der Waals surface area contributed by atoms with Crippen LogP contribution in [0.5, 0.6) is 11.5 Å². The fourth-order valence-corrected chi connectivity index (χ4v) is 3.32. The first-order chi connectivity index (χ1) is 12.8. The van der Waals surface area contributed by atoms with Gasteiger partial charge in [-0.3, -0.25) is 4.79 Å². The molecule has 0 atom stereocenters. The zero-order valence-electron chi connectivity index (χ0n) is 14.9. The van der Waals surface area contributed by atoms with Gasteiger partial charge in [-0.25, -0.2) is 12.8 Å². The number of halogens is 1. The maximum Gasteiger partial charge on any atom is 0.231 e. The molecule has 1 heterocycles. The molecule has 0 aliphatic carbocycles. The van der Waals surface area contributed by atoms with Gasteiger partial charge in [0, 0.05) is 25.8 Å². The van der Waals surface area contributed by atoms with Gasteiger partial charge in [0.15, 0.2) is 11.5 Å². The average Bonchev–Trinajstić information content (AvgIpc) is 3.06. The van der Waals surface area contributed by atoms with E-state index in [-0.39, 0.29) is 43.8 Å². The smallest absolute Gasteiger partial charge is 0.231 e. The number of amides is 1. The number of hydrogen-bond acceptors (Lipinski definition) is 5. The van der Waals surface area contributed by atoms with Gasteiger partial charge in [-0.15, -0.1) is 0 Å². The second-order valence-corrected chi connectivity index (χ2v) is 8.71. The number of hydrogen-bond donors (Lipinski definition) is 0. The number of nitrogens with zero attached hydrogens (tertiary/aromatic N) is 1. The summed E-state index contributed by atoms with van der Waals surface area (Å²) in [5.41, 5.74) is 1.44. The van der Waals surface area contributed by atoms with Crippen molar-refractivity contribution in [3.8, 4) is 11.5 Å². The first kappa shape index (κ1) is 19.2. The van der Waals surface area contributed by atoms with E-state index in [0.717, 1.165) is 11.8 Å². The van der Waals surface area contributed by atoms with Crippen LogP contribution in [0.15, 0.2) is 42.5 Å². The Morgan fingerprint density at radius 3 is 2.48 bits per heavy atom. The summed E-state index contributed by atoms with van der Waals surface area (Å²) in [4.78, 5) is 14.1. The van der Waals surface area contributed by atoms with Gasteiger partial charge >= 0.3 is 0 Å². The molecule has 1 aliphatic rings. The maximum absolute atomic E-state index is 13.5. The van der Waals surface area contributed by atoms with Crippen molar-refractivity contribution in [3.63, 3.8) is 0 Å². The van der Waals surface area contributed by atoms with Gasteiger partial charge < -0.3 is 14.4 Å². The number of fused-ring (bicyclic) bond motifs is 1. The summed E-state index contributed by atoms with van der Waals surface area (Å²) < 4.78 is 46.9. The number of carbonyl (C=O) groups excluding carboxylic acids is 1. The second-order valence-electron chi connectivity index (χ2n) is 6.45. The van der Waals surface area contributed by atoms with Crippen molar-refractivity contribution in [3.05, 3.63) is 59.4 Å². The second kappa shape index (κ2) is 7.96. The average molecular weight is 393 g/mol. The molecule has 2 aromatic rings. The first-order valence-electron chi connectivity index (χ1n) is 8.39. The Morgan fingerprint density at radius 1 is 1.07 bits per heavy atom. The molecule has 0 aromatic heterocycles. The molecule has 27 heavy (non-hydrogen) atoms. The Morgan fingerprint density at radius 2 is 1.78 bits per heavy atom. The third-order valence-electron chi connectivity index (χ3n) is 4.11. The molecule has 1 amide bonds. The number of carbonyl (C=O) groups is 1. The number of sulfone groups is 1. The third kappa shape index (κ3) is 5.43. The van der Waals surface area contributed by atoms with E-state index in [9.17, 15) is 17.6 Å². The monoisotopic (exact) mass is 393 g/mol. The molecule has 0 saturated carbocycles. The Balaban J connectivity index is 1.78. The molecule has 0 bridgehead atoms. The molecule has 0 N–H and O–H groups in total. The van der Waals surface area contributed by atoms with E-state index in [4.69, 9.17) is 9.47 Å². The van der Waals surface area contributed by atoms with Crippen LogP contribution in [-0.4, -0.2) is 38.0 Å². The molecule has 0 radical (unpaired) electrons. The van der Waals surface area contributed by atoms with Crippen molar-refractivity contribution in [1.29, 1.82) is 0 Å². The highest BCUT2D eigenvalue weighted by atomic mass is 32.2. The van der Waals surface area contributed by atoms with Gasteiger partial charge in [0.2, 0.25) is 12.7 Å². The summed E-state index contributed by atoms with van der Waals surface area (Å²) in [6.45, 7) is 0.573. The van der Waals surface area contributed by atoms with E-state index < -0.39 is 9.84 Å². The highest BCUT2D eigenvalue weighted by molar-refractivity contribution is 7.90. The molecular weight excluding hydrogens is 373 g/mol. The third-order valence-corrected chi connectivity index (χ3v) is 5.06. The molecule has 3 rings (SSSR count). The predicted octanol–water partition coefficient (Wildman–Crippen LogP) is 2.52. The molecule has 1 aliphatic heterocycles. The summed E-state index contributed by atoms with van der Waals surface area (Å²) >= 11 is 0. The highest BCUT2D eigenvalue weighted by Crippen LogP contribution is 2.33. The van der Waals surface area contributed by atoms with Crippen LogP contribution in [0.2, 0.25) is 0 Å². The minimum atomic E-state index is -3.26. The number of rotatable bonds is 7. The quantitative estimate of drug-likeness (QED) is 0.723. The lowest BCUT2D eigenvalue weighted by Gasteiger charge is -2.23. The summed E-state index contributed by atoms with van der Waals surface area (Å²) in [6, 6.07) is 11.3. The molecule has 144 valence electrons. The largest absolute Gasteiger partial charge is 0.454 e. The van der Waals surface area contributed by atoms with Crippen LogP contribution in [0.4, 0.5) is 4.39 Å². The Bertz CT molecular complexity index is 945. The first-order valence-corrected chi connectivity index (χ1v) is 10.4. The topological polar surface area (TPSA) is 72.9 Å². The molecule has 0 unspecified atom stereocenters. The normalized spacial score (nSPS) is 12.8. The zero-order valence-corrected chi connectivity index (χ0v) is 15.7. The SMILES string of the molecule is CS(=O)(=O)CCC(=O)N(Cc1cccc(F)c1)Cc1ccc2c(c1)OCO2. The highest BCUT2D eigenvalue weighted by Gasteiger charge is 2.19. The predicted molar refractivity (Wildman–Crippen MR) is 97.5 cm³/mol. The number of benzene rings is 2. The van der Waals surface area contributed by atoms with Crippen molar-refractivity contribution in [2.24, 2.45) is 0 Å². The maximum atomic E-state index is 13.5. The zero-order chi connectivity index (χ0) is 19.4. The van der Waals surface area contributed by atoms with E-state index in [1.165, 1.54) is 17.0 Å². The Labute approximate surface area is 157 Å². The van der Waals surface area contributed by atoms with E-state index in [2.05, 4.69) is 0 Å². The van der Waals surface area contributed by atoms with Crippen LogP contribution in [0.1, 0.15) is 17.5 Å². The molecule has 2 aromatic carbocycles. The van der Waals surface area contributed by atoms with E-state index in [1.54, 1.807) is 24.3 Å². The molecule has 8 heteroatoms. The lowest BCUT2D eigenvalue weighted by atomic mass is 10.1. The summed E-state index contributed by atoms with van der Waals surface area (Å²) in [6.07, 6.45) is 0.966. The van der Waals surface area contributed by atoms with E-state index in [1.807, 2.05) is 6.07 Å². The van der Waals surface area contributed by atoms with Crippen LogP contribution in [-0.2, 0) is 27.7 Å². The summed E-state index contributed by atoms with van der Waals surface area (Å²) in [7, 11) is -3.26. The standard InChI is InChI=1S/C19H20FNO5S/c1-27(23,24)8-7-19(22)21(11-14-3-2-4-16(20)9-14)12-15-5-6-17-18(10-15)26-13-25-17/h2-6,9-10H,7-8,11-13H2,1H3. The Kier molecular flexibility index (Phi) is 5.65. The molecule has 6 nitrogen and oxygen atoms in total. The van der Waals surface area contributed by atoms with Crippen molar-refractivity contribution < 1.29 is 27.1 Å². The van der Waals surface area contributed by atoms with Gasteiger partial charge in [0.05, 0.1) is 5.75 Å².